The van der Waals surface area contributed by atoms with Crippen molar-refractivity contribution < 1.29 is 4.74 Å². The number of nitriles is 2. The van der Waals surface area contributed by atoms with Crippen LogP contribution < -0.4 is 0 Å². The molecule has 0 bridgehead atoms. The molecule has 2 rings (SSSR count). The zero-order chi connectivity index (χ0) is 15.9. The van der Waals surface area contributed by atoms with Gasteiger partial charge < -0.3 is 4.74 Å². The number of hydrogen-bond acceptors (Lipinski definition) is 6. The van der Waals surface area contributed by atoms with Crippen molar-refractivity contribution in [3.8, 4) is 12.1 Å². The summed E-state index contributed by atoms with van der Waals surface area (Å²) in [6.45, 7) is 6.87. The van der Waals surface area contributed by atoms with E-state index >= 15 is 0 Å². The van der Waals surface area contributed by atoms with E-state index < -0.39 is 0 Å². The minimum atomic E-state index is -0.135. The van der Waals surface area contributed by atoms with E-state index in [2.05, 4.69) is 32.2 Å². The third-order valence-corrected chi connectivity index (χ3v) is 3.76. The molecule has 7 nitrogen and oxygen atoms in total. The molecular weight excluding hydrogens is 280 g/mol. The van der Waals surface area contributed by atoms with Gasteiger partial charge in [0.2, 0.25) is 0 Å². The molecule has 2 atom stereocenters. The number of aromatic nitrogens is 3. The van der Waals surface area contributed by atoms with Crippen molar-refractivity contribution in [3.05, 3.63) is 11.6 Å². The van der Waals surface area contributed by atoms with E-state index in [1.807, 2.05) is 13.8 Å². The molecule has 1 saturated heterocycles. The normalized spacial score (nSPS) is 20.5. The van der Waals surface area contributed by atoms with Crippen molar-refractivity contribution in [1.29, 1.82) is 10.5 Å². The Morgan fingerprint density at radius 2 is 2.27 bits per heavy atom. The summed E-state index contributed by atoms with van der Waals surface area (Å²) in [6.07, 6.45) is 0.907. The summed E-state index contributed by atoms with van der Waals surface area (Å²) in [5.41, 5.74) is 0. The van der Waals surface area contributed by atoms with Crippen molar-refractivity contribution in [1.82, 2.24) is 20.1 Å². The van der Waals surface area contributed by atoms with Crippen LogP contribution in [0.3, 0.4) is 0 Å². The summed E-state index contributed by atoms with van der Waals surface area (Å²) >= 11 is 0. The minimum Gasteiger partial charge on any atom is -0.368 e. The quantitative estimate of drug-likeness (QED) is 0.859. The van der Waals surface area contributed by atoms with Gasteiger partial charge in [-0.05, 0) is 6.42 Å². The molecule has 22 heavy (non-hydrogen) atoms. The Morgan fingerprint density at radius 3 is 2.91 bits per heavy atom. The number of hydrogen-bond donors (Lipinski definition) is 1. The molecule has 1 aromatic rings. The molecule has 0 aromatic carbocycles. The Kier molecular flexibility index (Phi) is 5.88. The number of H-pyrrole nitrogens is 1. The van der Waals surface area contributed by atoms with Crippen LogP contribution in [0.2, 0.25) is 0 Å². The molecule has 0 radical (unpaired) electrons. The van der Waals surface area contributed by atoms with Gasteiger partial charge in [0.05, 0.1) is 24.7 Å². The first kappa shape index (κ1) is 16.4. The van der Waals surface area contributed by atoms with Crippen LogP contribution in [-0.2, 0) is 4.74 Å². The average Bonchev–Trinajstić information content (AvgIpc) is 3.02. The van der Waals surface area contributed by atoms with Gasteiger partial charge in [0, 0.05) is 32.0 Å². The first-order chi connectivity index (χ1) is 10.6. The van der Waals surface area contributed by atoms with E-state index in [0.717, 1.165) is 18.2 Å². The van der Waals surface area contributed by atoms with E-state index in [4.69, 9.17) is 10.00 Å². The summed E-state index contributed by atoms with van der Waals surface area (Å²) in [4.78, 5) is 6.70. The van der Waals surface area contributed by atoms with Crippen LogP contribution in [0.15, 0.2) is 0 Å². The Morgan fingerprint density at radius 1 is 1.45 bits per heavy atom. The third-order valence-electron chi connectivity index (χ3n) is 3.76. The van der Waals surface area contributed by atoms with Crippen molar-refractivity contribution in [2.24, 2.45) is 5.92 Å². The predicted octanol–water partition coefficient (Wildman–Crippen LogP) is 1.74. The van der Waals surface area contributed by atoms with Crippen molar-refractivity contribution in [3.63, 3.8) is 0 Å². The molecule has 1 fully saturated rings. The molecule has 1 aliphatic heterocycles. The Bertz CT molecular complexity index is 555. The van der Waals surface area contributed by atoms with Crippen LogP contribution in [0.4, 0.5) is 0 Å². The number of nitrogens with one attached hydrogen (secondary N) is 1. The number of morpholine rings is 1. The Labute approximate surface area is 130 Å². The zero-order valence-electron chi connectivity index (χ0n) is 13.1. The van der Waals surface area contributed by atoms with Gasteiger partial charge in [-0.1, -0.05) is 13.8 Å². The summed E-state index contributed by atoms with van der Waals surface area (Å²) in [5.74, 6) is 1.71. The van der Waals surface area contributed by atoms with Gasteiger partial charge in [-0.15, -0.1) is 0 Å². The van der Waals surface area contributed by atoms with Gasteiger partial charge in [0.1, 0.15) is 6.10 Å². The lowest BCUT2D eigenvalue weighted by molar-refractivity contribution is -0.0369. The molecule has 0 aliphatic carbocycles. The van der Waals surface area contributed by atoms with E-state index in [0.29, 0.717) is 32.5 Å². The monoisotopic (exact) mass is 302 g/mol. The highest BCUT2D eigenvalue weighted by Crippen LogP contribution is 2.21. The number of ether oxygens (including phenoxy) is 1. The topological polar surface area (TPSA) is 102 Å². The first-order valence-electron chi connectivity index (χ1n) is 7.66. The molecule has 0 unspecified atom stereocenters. The smallest absolute Gasteiger partial charge is 0.155 e. The molecule has 7 heteroatoms. The van der Waals surface area contributed by atoms with Gasteiger partial charge in [-0.25, -0.2) is 4.98 Å². The van der Waals surface area contributed by atoms with E-state index in [1.165, 1.54) is 0 Å². The van der Waals surface area contributed by atoms with Gasteiger partial charge in [0.25, 0.3) is 0 Å². The molecule has 118 valence electrons. The number of rotatable bonds is 6. The predicted molar refractivity (Wildman–Crippen MR) is 79.6 cm³/mol. The summed E-state index contributed by atoms with van der Waals surface area (Å²) in [6, 6.07) is 4.39. The van der Waals surface area contributed by atoms with Gasteiger partial charge in [-0.2, -0.15) is 15.6 Å². The first-order valence-corrected chi connectivity index (χ1v) is 7.66. The van der Waals surface area contributed by atoms with E-state index in [9.17, 15) is 5.26 Å². The Balaban J connectivity index is 1.93. The summed E-state index contributed by atoms with van der Waals surface area (Å²) < 4.78 is 5.77. The number of nitrogens with zero attached hydrogens (tertiary/aromatic N) is 5. The highest BCUT2D eigenvalue weighted by Gasteiger charge is 2.26. The Hall–Kier alpha value is -1.96. The zero-order valence-corrected chi connectivity index (χ0v) is 13.1. The molecule has 1 aromatic heterocycles. The lowest BCUT2D eigenvalue weighted by Crippen LogP contribution is -2.41. The van der Waals surface area contributed by atoms with E-state index in [-0.39, 0.29) is 17.9 Å². The standard InChI is InChI=1S/C15H22N6O/c1-11(2)14-18-15(20-19-14)13-10-21(6-7-22-13)9-12(8-17)4-3-5-16/h11-13H,3-4,6-7,9-10H2,1-2H3,(H,18,19,20)/t12-,13-/m0/s1. The van der Waals surface area contributed by atoms with Crippen LogP contribution in [0, 0.1) is 28.6 Å². The fourth-order valence-electron chi connectivity index (χ4n) is 2.47. The molecule has 1 N–H and O–H groups in total. The van der Waals surface area contributed by atoms with Gasteiger partial charge in [0.15, 0.2) is 11.6 Å². The van der Waals surface area contributed by atoms with E-state index in [1.54, 1.807) is 0 Å². The second-order valence-electron chi connectivity index (χ2n) is 5.88. The molecule has 0 amide bonds. The second kappa shape index (κ2) is 7.88. The van der Waals surface area contributed by atoms with Crippen molar-refractivity contribution >= 4 is 0 Å². The summed E-state index contributed by atoms with van der Waals surface area (Å²) in [5, 5.41) is 25.0. The van der Waals surface area contributed by atoms with Crippen LogP contribution in [0.5, 0.6) is 0 Å². The fraction of sp³-hybridized carbons (Fsp3) is 0.733. The second-order valence-corrected chi connectivity index (χ2v) is 5.88. The largest absolute Gasteiger partial charge is 0.368 e. The highest BCUT2D eigenvalue weighted by molar-refractivity contribution is 5.00. The van der Waals surface area contributed by atoms with Crippen LogP contribution in [0.25, 0.3) is 0 Å². The van der Waals surface area contributed by atoms with Crippen LogP contribution >= 0.6 is 0 Å². The molecule has 0 saturated carbocycles. The fourth-order valence-corrected chi connectivity index (χ4v) is 2.47. The third kappa shape index (κ3) is 4.27. The SMILES string of the molecule is CC(C)c1n[nH]c([C@@H]2CN(C[C@H](C#N)CCC#N)CCO2)n1. The van der Waals surface area contributed by atoms with Crippen molar-refractivity contribution in [2.45, 2.75) is 38.7 Å². The minimum absolute atomic E-state index is 0.112. The van der Waals surface area contributed by atoms with Crippen molar-refractivity contribution in [2.75, 3.05) is 26.2 Å². The average molecular weight is 302 g/mol. The molecule has 2 heterocycles. The lowest BCUT2D eigenvalue weighted by Gasteiger charge is -2.32. The maximum absolute atomic E-state index is 9.18. The summed E-state index contributed by atoms with van der Waals surface area (Å²) in [7, 11) is 0. The van der Waals surface area contributed by atoms with Crippen LogP contribution in [0.1, 0.15) is 50.4 Å². The molecule has 1 aliphatic rings. The van der Waals surface area contributed by atoms with Gasteiger partial charge in [-0.3, -0.25) is 10.00 Å². The maximum atomic E-state index is 9.18. The highest BCUT2D eigenvalue weighted by atomic mass is 16.5. The van der Waals surface area contributed by atoms with Gasteiger partial charge >= 0.3 is 0 Å². The maximum Gasteiger partial charge on any atom is 0.155 e. The molecular formula is C15H22N6O. The van der Waals surface area contributed by atoms with Crippen LogP contribution in [-0.4, -0.2) is 46.3 Å². The molecule has 0 spiro atoms. The number of aromatic amines is 1. The lowest BCUT2D eigenvalue weighted by atomic mass is 10.0.